The van der Waals surface area contributed by atoms with Gasteiger partial charge in [0.05, 0.1) is 0 Å². The van der Waals surface area contributed by atoms with Crippen LogP contribution in [0.15, 0.2) is 0 Å². The minimum atomic E-state index is 0.565. The SMILES string of the molecule is CCNCC(C)[CH2][Sn].O=CC=S.O=CC=S.O=CC=S. The Bertz CT molecular complexity index is 208. The van der Waals surface area contributed by atoms with Crippen LogP contribution in [-0.2, 0) is 14.4 Å². The molecule has 0 aromatic heterocycles. The van der Waals surface area contributed by atoms with Crippen molar-refractivity contribution in [2.45, 2.75) is 18.3 Å². The van der Waals surface area contributed by atoms with E-state index >= 15 is 0 Å². The van der Waals surface area contributed by atoms with Gasteiger partial charge in [-0.2, -0.15) is 0 Å². The maximum absolute atomic E-state index is 9.01. The average molecular weight is 441 g/mol. The molecule has 0 aromatic rings. The van der Waals surface area contributed by atoms with Gasteiger partial charge in [-0.05, 0) is 0 Å². The van der Waals surface area contributed by atoms with Crippen LogP contribution >= 0.6 is 36.7 Å². The van der Waals surface area contributed by atoms with Gasteiger partial charge in [-0.25, -0.2) is 0 Å². The van der Waals surface area contributed by atoms with Crippen LogP contribution in [0.5, 0.6) is 0 Å². The third-order valence-corrected chi connectivity index (χ3v) is 3.58. The molecule has 0 heterocycles. The molecule has 0 aliphatic carbocycles. The van der Waals surface area contributed by atoms with Gasteiger partial charge in [0, 0.05) is 16.1 Å². The Morgan fingerprint density at radius 3 is 1.45 bits per heavy atom. The molecule has 0 fully saturated rings. The summed E-state index contributed by atoms with van der Waals surface area (Å²) in [5.74, 6) is 0.883. The second-order valence-electron chi connectivity index (χ2n) is 2.93. The summed E-state index contributed by atoms with van der Waals surface area (Å²) >= 11 is 13.8. The normalized spacial score (nSPS) is 8.55. The van der Waals surface area contributed by atoms with Gasteiger partial charge in [-0.1, -0.05) is 36.7 Å². The molecular formula is C12H20NO3S3Sn. The van der Waals surface area contributed by atoms with E-state index in [1.807, 2.05) is 0 Å². The van der Waals surface area contributed by atoms with E-state index in [1.54, 1.807) is 22.5 Å². The molecule has 0 aromatic carbocycles. The minimum Gasteiger partial charge on any atom is -0.298 e. The number of thiocarbonyl (C=S) groups is 3. The average Bonchev–Trinajstić information content (AvgIpc) is 2.53. The number of nitrogens with one attached hydrogen (secondary N) is 1. The van der Waals surface area contributed by atoms with Crippen LogP contribution in [0, 0.1) is 5.92 Å². The zero-order valence-electron chi connectivity index (χ0n) is 11.6. The molecule has 20 heavy (non-hydrogen) atoms. The largest absolute Gasteiger partial charge is 0.298 e. The van der Waals surface area contributed by atoms with Gasteiger partial charge in [0.1, 0.15) is 0 Å². The number of aldehydes is 3. The molecule has 0 aliphatic rings. The fraction of sp³-hybridized carbons (Fsp3) is 0.500. The summed E-state index contributed by atoms with van der Waals surface area (Å²) in [5, 5.41) is 6.40. The monoisotopic (exact) mass is 442 g/mol. The van der Waals surface area contributed by atoms with Crippen molar-refractivity contribution in [2.24, 2.45) is 5.92 Å². The summed E-state index contributed by atoms with van der Waals surface area (Å²) in [6.07, 6.45) is 1.69. The number of carbonyl (C=O) groups excluding carboxylic acids is 3. The van der Waals surface area contributed by atoms with E-state index in [2.05, 4.69) is 55.8 Å². The first kappa shape index (κ1) is 28.2. The summed E-state index contributed by atoms with van der Waals surface area (Å²) < 4.78 is 1.37. The van der Waals surface area contributed by atoms with Crippen molar-refractivity contribution in [1.82, 2.24) is 5.32 Å². The first-order chi connectivity index (χ1) is 9.55. The van der Waals surface area contributed by atoms with Crippen LogP contribution in [0.25, 0.3) is 0 Å². The minimum absolute atomic E-state index is 0.565. The van der Waals surface area contributed by atoms with Crippen LogP contribution in [0.2, 0.25) is 4.44 Å². The van der Waals surface area contributed by atoms with Crippen LogP contribution < -0.4 is 5.32 Å². The van der Waals surface area contributed by atoms with Gasteiger partial charge in [-0.15, -0.1) is 0 Å². The molecule has 0 rings (SSSR count). The fourth-order valence-electron chi connectivity index (χ4n) is 0.463. The molecule has 0 aliphatic heterocycles. The van der Waals surface area contributed by atoms with Crippen LogP contribution in [0.3, 0.4) is 0 Å². The molecule has 0 bridgehead atoms. The molecule has 8 heteroatoms. The van der Waals surface area contributed by atoms with E-state index < -0.39 is 0 Å². The van der Waals surface area contributed by atoms with E-state index in [9.17, 15) is 0 Å². The van der Waals surface area contributed by atoms with Gasteiger partial charge in [0.15, 0.2) is 18.9 Å². The van der Waals surface area contributed by atoms with Crippen molar-refractivity contribution in [3.63, 3.8) is 0 Å². The predicted octanol–water partition coefficient (Wildman–Crippen LogP) is 1.37. The summed E-state index contributed by atoms with van der Waals surface area (Å²) in [7, 11) is 0. The first-order valence-electron chi connectivity index (χ1n) is 5.58. The smallest absolute Gasteiger partial charge is 0.153 e. The van der Waals surface area contributed by atoms with E-state index in [4.69, 9.17) is 14.4 Å². The van der Waals surface area contributed by atoms with E-state index in [0.29, 0.717) is 18.9 Å². The van der Waals surface area contributed by atoms with Crippen molar-refractivity contribution >= 4 is 94.1 Å². The molecule has 113 valence electrons. The topological polar surface area (TPSA) is 63.2 Å². The second kappa shape index (κ2) is 36.4. The summed E-state index contributed by atoms with van der Waals surface area (Å²) in [6.45, 7) is 6.75. The zero-order valence-corrected chi connectivity index (χ0v) is 16.9. The van der Waals surface area contributed by atoms with Gasteiger partial charge in [-0.3, -0.25) is 14.4 Å². The van der Waals surface area contributed by atoms with Crippen molar-refractivity contribution in [3.05, 3.63) is 0 Å². The Morgan fingerprint density at radius 2 is 1.30 bits per heavy atom. The Balaban J connectivity index is -0.0000000917. The van der Waals surface area contributed by atoms with Gasteiger partial charge in [0.25, 0.3) is 0 Å². The number of hydrogen-bond donors (Lipinski definition) is 1. The Hall–Kier alpha value is 0.0387. The molecule has 0 saturated heterocycles. The van der Waals surface area contributed by atoms with Gasteiger partial charge < -0.3 is 0 Å². The van der Waals surface area contributed by atoms with Crippen molar-refractivity contribution in [2.75, 3.05) is 13.1 Å². The summed E-state index contributed by atoms with van der Waals surface area (Å²) in [5.41, 5.74) is 0. The van der Waals surface area contributed by atoms with Crippen LogP contribution in [0.1, 0.15) is 13.8 Å². The Morgan fingerprint density at radius 1 is 1.00 bits per heavy atom. The molecule has 0 saturated carbocycles. The Labute approximate surface area is 150 Å². The van der Waals surface area contributed by atoms with Gasteiger partial charge >= 0.3 is 65.1 Å². The molecule has 1 atom stereocenters. The molecular weight excluding hydrogens is 421 g/mol. The second-order valence-corrected chi connectivity index (χ2v) is 4.92. The van der Waals surface area contributed by atoms with Gasteiger partial charge in [0.2, 0.25) is 0 Å². The number of rotatable bonds is 7. The fourth-order valence-corrected chi connectivity index (χ4v) is 0.875. The molecule has 4 nitrogen and oxygen atoms in total. The van der Waals surface area contributed by atoms with E-state index in [-0.39, 0.29) is 0 Å². The van der Waals surface area contributed by atoms with E-state index in [0.717, 1.165) is 28.6 Å². The van der Waals surface area contributed by atoms with E-state index in [1.165, 1.54) is 11.0 Å². The number of hydrogen-bond acceptors (Lipinski definition) is 7. The quantitative estimate of drug-likeness (QED) is 0.364. The van der Waals surface area contributed by atoms with Crippen LogP contribution in [0.4, 0.5) is 0 Å². The van der Waals surface area contributed by atoms with Crippen molar-refractivity contribution in [3.8, 4) is 0 Å². The maximum atomic E-state index is 9.01. The third-order valence-electron chi connectivity index (χ3n) is 1.26. The first-order valence-corrected chi connectivity index (χ1v) is 9.01. The molecule has 1 unspecified atom stereocenters. The molecule has 1 N–H and O–H groups in total. The molecule has 0 spiro atoms. The number of carbonyl (C=O) groups is 3. The molecule has 0 amide bonds. The maximum Gasteiger partial charge on any atom is 0.153 e. The van der Waals surface area contributed by atoms with Crippen molar-refractivity contribution < 1.29 is 14.4 Å². The predicted molar refractivity (Wildman–Crippen MR) is 97.4 cm³/mol. The standard InChI is InChI=1S/C6H14N.3C2H2OS.Sn/c1-4-7-5-6(2)3;3*3-1-2-4;/h6-7H,2,4-5H2,1,3H3;3*1-2H;. The summed E-state index contributed by atoms with van der Waals surface area (Å²) in [4.78, 5) is 27.0. The van der Waals surface area contributed by atoms with Crippen molar-refractivity contribution in [1.29, 1.82) is 0 Å². The summed E-state index contributed by atoms with van der Waals surface area (Å²) in [6, 6.07) is 0. The zero-order chi connectivity index (χ0) is 16.6. The third kappa shape index (κ3) is 64.1. The Kier molecular flexibility index (Phi) is 51.4. The molecule has 3 radical (unpaired) electrons. The van der Waals surface area contributed by atoms with Crippen LogP contribution in [-0.4, -0.2) is 70.6 Å².